The third-order valence-corrected chi connectivity index (χ3v) is 8.89. The molecule has 0 radical (unpaired) electrons. The number of hydrogen-bond acceptors (Lipinski definition) is 6. The van der Waals surface area contributed by atoms with E-state index in [2.05, 4.69) is 17.4 Å². The van der Waals surface area contributed by atoms with Gasteiger partial charge in [0.15, 0.2) is 17.0 Å². The smallest absolute Gasteiger partial charge is 0.274 e. The SMILES string of the molecule is CCCC1=NO[C@@]2(CC[C@H](C)N3C[C@H]2n2cc(C(=O)NCc4c(F)cc(F)cc4F)c(=O)c(OCc4ccccc4)c2C3=O)C1. The second kappa shape index (κ2) is 12.1. The van der Waals surface area contributed by atoms with Gasteiger partial charge in [0.25, 0.3) is 11.8 Å². The second-order valence-electron chi connectivity index (χ2n) is 11.9. The van der Waals surface area contributed by atoms with Gasteiger partial charge in [-0.05, 0) is 31.7 Å². The molecule has 4 heterocycles. The lowest BCUT2D eigenvalue weighted by molar-refractivity contribution is -0.0656. The third kappa shape index (κ3) is 5.57. The summed E-state index contributed by atoms with van der Waals surface area (Å²) in [5, 5.41) is 6.77. The summed E-state index contributed by atoms with van der Waals surface area (Å²) in [6, 6.07) is 9.38. The van der Waals surface area contributed by atoms with Crippen LogP contribution in [0.5, 0.6) is 5.75 Å². The van der Waals surface area contributed by atoms with Gasteiger partial charge < -0.3 is 24.4 Å². The second-order valence-corrected chi connectivity index (χ2v) is 11.9. The van der Waals surface area contributed by atoms with E-state index in [9.17, 15) is 27.6 Å². The molecule has 6 rings (SSSR count). The number of nitrogens with zero attached hydrogens (tertiary/aromatic N) is 3. The molecule has 1 N–H and O–H groups in total. The molecular weight excluding hydrogens is 589 g/mol. The third-order valence-electron chi connectivity index (χ3n) is 8.89. The number of ether oxygens (including phenoxy) is 1. The van der Waals surface area contributed by atoms with Crippen molar-refractivity contribution in [2.24, 2.45) is 5.16 Å². The van der Waals surface area contributed by atoms with Crippen LogP contribution >= 0.6 is 0 Å². The maximum absolute atomic E-state index is 14.3. The topological polar surface area (TPSA) is 102 Å². The van der Waals surface area contributed by atoms with Crippen LogP contribution < -0.4 is 15.5 Å². The fourth-order valence-electron chi connectivity index (χ4n) is 6.46. The van der Waals surface area contributed by atoms with Gasteiger partial charge in [-0.3, -0.25) is 14.4 Å². The van der Waals surface area contributed by atoms with Crippen LogP contribution in [-0.2, 0) is 18.0 Å². The van der Waals surface area contributed by atoms with Crippen molar-refractivity contribution < 1.29 is 32.3 Å². The van der Waals surface area contributed by atoms with Crippen molar-refractivity contribution in [3.63, 3.8) is 0 Å². The Hall–Kier alpha value is -4.61. The van der Waals surface area contributed by atoms with Gasteiger partial charge in [0, 0.05) is 49.4 Å². The molecule has 2 amide bonds. The van der Waals surface area contributed by atoms with Crippen molar-refractivity contribution in [1.82, 2.24) is 14.8 Å². The molecule has 1 spiro atoms. The Morgan fingerprint density at radius 3 is 2.60 bits per heavy atom. The van der Waals surface area contributed by atoms with Gasteiger partial charge in [-0.1, -0.05) is 48.8 Å². The van der Waals surface area contributed by atoms with E-state index in [1.807, 2.05) is 13.0 Å². The van der Waals surface area contributed by atoms with Crippen molar-refractivity contribution in [2.45, 2.75) is 76.8 Å². The van der Waals surface area contributed by atoms with E-state index in [4.69, 9.17) is 9.57 Å². The van der Waals surface area contributed by atoms with Crippen LogP contribution in [0, 0.1) is 17.5 Å². The zero-order chi connectivity index (χ0) is 31.9. The first kappa shape index (κ1) is 30.4. The Bertz CT molecular complexity index is 1720. The minimum Gasteiger partial charge on any atom is -0.483 e. The van der Waals surface area contributed by atoms with Crippen LogP contribution in [0.15, 0.2) is 58.6 Å². The van der Waals surface area contributed by atoms with Crippen molar-refractivity contribution in [3.05, 3.63) is 98.7 Å². The summed E-state index contributed by atoms with van der Waals surface area (Å²) in [4.78, 5) is 49.4. The molecule has 9 nitrogen and oxygen atoms in total. The quantitative estimate of drug-likeness (QED) is 0.369. The lowest BCUT2D eigenvalue weighted by Crippen LogP contribution is -2.52. The van der Waals surface area contributed by atoms with Gasteiger partial charge in [-0.25, -0.2) is 13.2 Å². The molecule has 1 saturated heterocycles. The van der Waals surface area contributed by atoms with Crippen molar-refractivity contribution in [2.75, 3.05) is 6.54 Å². The molecule has 3 aromatic rings. The molecule has 236 valence electrons. The Morgan fingerprint density at radius 2 is 1.89 bits per heavy atom. The van der Waals surface area contributed by atoms with Crippen LogP contribution in [0.25, 0.3) is 0 Å². The maximum atomic E-state index is 14.3. The highest BCUT2D eigenvalue weighted by Crippen LogP contribution is 2.46. The zero-order valence-electron chi connectivity index (χ0n) is 24.9. The summed E-state index contributed by atoms with van der Waals surface area (Å²) in [6.45, 7) is 3.56. The first-order valence-electron chi connectivity index (χ1n) is 15.0. The number of carbonyl (C=O) groups excluding carboxylic acids is 2. The van der Waals surface area contributed by atoms with Crippen molar-refractivity contribution in [1.29, 1.82) is 0 Å². The van der Waals surface area contributed by atoms with Crippen LogP contribution in [0.1, 0.15) is 84.0 Å². The van der Waals surface area contributed by atoms with E-state index in [1.165, 1.54) is 6.20 Å². The van der Waals surface area contributed by atoms with E-state index < -0.39 is 58.4 Å². The van der Waals surface area contributed by atoms with Gasteiger partial charge in [0.05, 0.1) is 11.8 Å². The van der Waals surface area contributed by atoms with Crippen LogP contribution in [-0.4, -0.2) is 45.2 Å². The number of pyridine rings is 1. The normalized spacial score (nSPS) is 22.0. The largest absolute Gasteiger partial charge is 0.483 e. The molecular formula is C33H33F3N4O5. The van der Waals surface area contributed by atoms with E-state index in [-0.39, 0.29) is 36.2 Å². The molecule has 1 aromatic heterocycles. The van der Waals surface area contributed by atoms with Gasteiger partial charge in [0.2, 0.25) is 5.43 Å². The number of hydrogen-bond donors (Lipinski definition) is 1. The monoisotopic (exact) mass is 622 g/mol. The molecule has 0 aliphatic carbocycles. The minimum atomic E-state index is -1.18. The fraction of sp³-hybridized carbons (Fsp3) is 0.394. The Balaban J connectivity index is 1.45. The number of fused-ring (bicyclic) bond motifs is 5. The summed E-state index contributed by atoms with van der Waals surface area (Å²) in [7, 11) is 0. The Labute approximate surface area is 257 Å². The average Bonchev–Trinajstić information content (AvgIpc) is 3.37. The molecule has 45 heavy (non-hydrogen) atoms. The van der Waals surface area contributed by atoms with Crippen LogP contribution in [0.3, 0.4) is 0 Å². The van der Waals surface area contributed by atoms with E-state index in [1.54, 1.807) is 33.7 Å². The lowest BCUT2D eigenvalue weighted by Gasteiger charge is -2.42. The molecule has 2 bridgehead atoms. The number of oxime groups is 1. The maximum Gasteiger partial charge on any atom is 0.274 e. The molecule has 3 atom stereocenters. The number of halogens is 3. The molecule has 0 saturated carbocycles. The molecule has 0 unspecified atom stereocenters. The average molecular weight is 623 g/mol. The molecule has 3 aliphatic rings. The molecule has 2 aromatic carbocycles. The summed E-state index contributed by atoms with van der Waals surface area (Å²) >= 11 is 0. The summed E-state index contributed by atoms with van der Waals surface area (Å²) in [5.74, 6) is -5.11. The number of rotatable bonds is 8. The van der Waals surface area contributed by atoms with Gasteiger partial charge in [-0.15, -0.1) is 0 Å². The lowest BCUT2D eigenvalue weighted by atomic mass is 9.83. The predicted octanol–water partition coefficient (Wildman–Crippen LogP) is 5.27. The highest BCUT2D eigenvalue weighted by Gasteiger charge is 2.54. The van der Waals surface area contributed by atoms with E-state index in [0.29, 0.717) is 31.4 Å². The van der Waals surface area contributed by atoms with Gasteiger partial charge >= 0.3 is 0 Å². The first-order valence-corrected chi connectivity index (χ1v) is 15.0. The number of carbonyl (C=O) groups is 2. The highest BCUT2D eigenvalue weighted by atomic mass is 19.1. The number of benzene rings is 2. The first-order chi connectivity index (χ1) is 21.6. The summed E-state index contributed by atoms with van der Waals surface area (Å²) < 4.78 is 49.7. The minimum absolute atomic E-state index is 0.0000196. The zero-order valence-corrected chi connectivity index (χ0v) is 24.9. The molecule has 3 aliphatic heterocycles. The Kier molecular flexibility index (Phi) is 8.15. The van der Waals surface area contributed by atoms with E-state index >= 15 is 0 Å². The standard InChI is InChI=1S/C33H33F3N4O5/c1-3-7-22-14-33(45-38-22)11-10-19(2)39-17-27(33)40-16-24(31(42)37-15-23-25(35)12-21(34)13-26(23)36)29(41)30(28(40)32(39)43)44-18-20-8-5-4-6-9-20/h4-6,8-9,12-13,16,19,27H,3,7,10-11,14-15,17-18H2,1-2H3,(H,37,42)/t19-,27+,33-/m0/s1. The van der Waals surface area contributed by atoms with Crippen LogP contribution in [0.4, 0.5) is 13.2 Å². The van der Waals surface area contributed by atoms with E-state index in [0.717, 1.165) is 24.1 Å². The number of aromatic nitrogens is 1. The summed E-state index contributed by atoms with van der Waals surface area (Å²) in [5.41, 5.74) is -0.991. The Morgan fingerprint density at radius 1 is 1.16 bits per heavy atom. The highest BCUT2D eigenvalue weighted by molar-refractivity contribution is 5.99. The van der Waals surface area contributed by atoms with Crippen molar-refractivity contribution in [3.8, 4) is 5.75 Å². The van der Waals surface area contributed by atoms with Crippen molar-refractivity contribution >= 4 is 17.5 Å². The fourth-order valence-corrected chi connectivity index (χ4v) is 6.46. The predicted molar refractivity (Wildman–Crippen MR) is 159 cm³/mol. The number of amides is 2. The van der Waals surface area contributed by atoms with Gasteiger partial charge in [0.1, 0.15) is 29.6 Å². The molecule has 1 fully saturated rings. The summed E-state index contributed by atoms with van der Waals surface area (Å²) in [6.07, 6.45) is 4.67. The molecule has 12 heteroatoms. The van der Waals surface area contributed by atoms with Crippen LogP contribution in [0.2, 0.25) is 0 Å². The number of nitrogens with one attached hydrogen (secondary N) is 1. The van der Waals surface area contributed by atoms with Gasteiger partial charge in [-0.2, -0.15) is 0 Å².